The Morgan fingerprint density at radius 3 is 2.67 bits per heavy atom. The van der Waals surface area contributed by atoms with Gasteiger partial charge in [0.05, 0.1) is 6.61 Å². The molecule has 0 fully saturated rings. The summed E-state index contributed by atoms with van der Waals surface area (Å²) in [5.74, 6) is 5.90. The normalized spacial score (nSPS) is 13.7. The molecule has 0 heterocycles. The monoisotopic (exact) mass is 218 g/mol. The van der Waals surface area contributed by atoms with Crippen molar-refractivity contribution in [3.63, 3.8) is 0 Å². The molecule has 0 aromatic rings. The molecule has 0 aromatic carbocycles. The molecular formula is C9H22N4O2. The molecule has 1 unspecified atom stereocenters. The average molecular weight is 218 g/mol. The van der Waals surface area contributed by atoms with Gasteiger partial charge in [-0.25, -0.2) is 5.84 Å². The van der Waals surface area contributed by atoms with Crippen molar-refractivity contribution in [1.82, 2.24) is 10.7 Å². The molecule has 4 N–H and O–H groups in total. The van der Waals surface area contributed by atoms with Gasteiger partial charge in [0.2, 0.25) is 5.96 Å². The first-order valence-corrected chi connectivity index (χ1v) is 5.00. The molecule has 0 rings (SSSR count). The maximum atomic E-state index is 5.32. The Kier molecular flexibility index (Phi) is 9.15. The van der Waals surface area contributed by atoms with Crippen molar-refractivity contribution in [3.8, 4) is 0 Å². The molecule has 0 saturated heterocycles. The first-order valence-electron chi connectivity index (χ1n) is 5.00. The highest BCUT2D eigenvalue weighted by molar-refractivity contribution is 5.79. The van der Waals surface area contributed by atoms with Gasteiger partial charge >= 0.3 is 0 Å². The molecule has 0 bridgehead atoms. The molecule has 0 aromatic heterocycles. The fraction of sp³-hybridized carbons (Fsp3) is 0.889. The lowest BCUT2D eigenvalue weighted by atomic mass is 10.4. The van der Waals surface area contributed by atoms with E-state index >= 15 is 0 Å². The molecule has 1 atom stereocenters. The number of rotatable bonds is 7. The summed E-state index contributed by atoms with van der Waals surface area (Å²) in [4.78, 5) is 4.24. The van der Waals surface area contributed by atoms with Crippen LogP contribution in [0.15, 0.2) is 4.99 Å². The quantitative estimate of drug-likeness (QED) is 0.176. The number of nitrogens with one attached hydrogen (secondary N) is 2. The van der Waals surface area contributed by atoms with Gasteiger partial charge in [0.1, 0.15) is 0 Å². The highest BCUT2D eigenvalue weighted by Gasteiger charge is 2.02. The minimum atomic E-state index is 0.173. The van der Waals surface area contributed by atoms with Crippen molar-refractivity contribution in [3.05, 3.63) is 0 Å². The van der Waals surface area contributed by atoms with Crippen LogP contribution in [0.2, 0.25) is 0 Å². The predicted molar refractivity (Wildman–Crippen MR) is 60.6 cm³/mol. The Bertz CT molecular complexity index is 175. The summed E-state index contributed by atoms with van der Waals surface area (Å²) in [6.07, 6.45) is 0.877. The average Bonchev–Trinajstić information content (AvgIpc) is 2.23. The molecule has 15 heavy (non-hydrogen) atoms. The molecule has 6 nitrogen and oxygen atoms in total. The van der Waals surface area contributed by atoms with E-state index in [1.54, 1.807) is 14.2 Å². The van der Waals surface area contributed by atoms with Crippen LogP contribution in [0.1, 0.15) is 13.3 Å². The van der Waals surface area contributed by atoms with Crippen molar-refractivity contribution in [2.45, 2.75) is 19.4 Å². The van der Waals surface area contributed by atoms with Crippen LogP contribution in [0.4, 0.5) is 0 Å². The van der Waals surface area contributed by atoms with E-state index in [1.807, 2.05) is 6.92 Å². The number of nitrogens with zero attached hydrogens (tertiary/aromatic N) is 1. The highest BCUT2D eigenvalue weighted by atomic mass is 16.5. The van der Waals surface area contributed by atoms with Gasteiger partial charge in [-0.1, -0.05) is 0 Å². The number of ether oxygens (including phenoxy) is 2. The number of aliphatic imine (C=N–C) groups is 1. The van der Waals surface area contributed by atoms with Crippen LogP contribution >= 0.6 is 0 Å². The van der Waals surface area contributed by atoms with Gasteiger partial charge < -0.3 is 14.8 Å². The topological polar surface area (TPSA) is 80.9 Å². The van der Waals surface area contributed by atoms with Crippen molar-refractivity contribution in [2.75, 3.05) is 34.0 Å². The largest absolute Gasteiger partial charge is 0.385 e. The molecule has 0 aliphatic rings. The van der Waals surface area contributed by atoms with Gasteiger partial charge in [-0.15, -0.1) is 0 Å². The number of hydrogen-bond donors (Lipinski definition) is 3. The second-order valence-electron chi connectivity index (χ2n) is 3.22. The number of guanidine groups is 1. The molecule has 0 aliphatic carbocycles. The zero-order valence-corrected chi connectivity index (χ0v) is 9.75. The first kappa shape index (κ1) is 14.2. The summed E-state index contributed by atoms with van der Waals surface area (Å²) < 4.78 is 9.90. The summed E-state index contributed by atoms with van der Waals surface area (Å²) in [7, 11) is 3.33. The Hall–Kier alpha value is -0.850. The Labute approximate surface area is 91.2 Å². The number of nitrogens with two attached hydrogens (primary N) is 1. The zero-order valence-electron chi connectivity index (χ0n) is 9.75. The Morgan fingerprint density at radius 2 is 2.13 bits per heavy atom. The van der Waals surface area contributed by atoms with Crippen LogP contribution in [0.5, 0.6) is 0 Å². The van der Waals surface area contributed by atoms with E-state index in [0.29, 0.717) is 25.7 Å². The van der Waals surface area contributed by atoms with Gasteiger partial charge in [0, 0.05) is 33.4 Å². The van der Waals surface area contributed by atoms with Gasteiger partial charge in [0.25, 0.3) is 0 Å². The van der Waals surface area contributed by atoms with Crippen molar-refractivity contribution >= 4 is 5.96 Å². The Morgan fingerprint density at radius 1 is 1.40 bits per heavy atom. The van der Waals surface area contributed by atoms with Crippen molar-refractivity contribution in [1.29, 1.82) is 0 Å². The van der Waals surface area contributed by atoms with Crippen LogP contribution in [0.25, 0.3) is 0 Å². The van der Waals surface area contributed by atoms with Crippen LogP contribution in [-0.4, -0.2) is 46.0 Å². The summed E-state index contributed by atoms with van der Waals surface area (Å²) in [6, 6.07) is 0.173. The summed E-state index contributed by atoms with van der Waals surface area (Å²) in [5, 5.41) is 3.09. The summed E-state index contributed by atoms with van der Waals surface area (Å²) in [6.45, 7) is 3.99. The fourth-order valence-corrected chi connectivity index (χ4v) is 1.06. The van der Waals surface area contributed by atoms with Crippen molar-refractivity contribution < 1.29 is 9.47 Å². The van der Waals surface area contributed by atoms with E-state index in [-0.39, 0.29) is 6.04 Å². The van der Waals surface area contributed by atoms with E-state index in [0.717, 1.165) is 6.42 Å². The molecule has 6 heteroatoms. The molecule has 0 spiro atoms. The van der Waals surface area contributed by atoms with Gasteiger partial charge in [-0.05, 0) is 13.3 Å². The van der Waals surface area contributed by atoms with E-state index < -0.39 is 0 Å². The molecule has 0 aliphatic heterocycles. The van der Waals surface area contributed by atoms with Gasteiger partial charge in [-0.3, -0.25) is 10.4 Å². The van der Waals surface area contributed by atoms with Crippen LogP contribution in [0.3, 0.4) is 0 Å². The van der Waals surface area contributed by atoms with Gasteiger partial charge in [-0.2, -0.15) is 0 Å². The second-order valence-corrected chi connectivity index (χ2v) is 3.22. The molecule has 0 saturated carbocycles. The second kappa shape index (κ2) is 9.70. The third-order valence-corrected chi connectivity index (χ3v) is 1.71. The number of methoxy groups -OCH3 is 2. The van der Waals surface area contributed by atoms with E-state index in [2.05, 4.69) is 15.7 Å². The Balaban J connectivity index is 3.78. The maximum Gasteiger partial charge on any atom is 0.206 e. The van der Waals surface area contributed by atoms with Crippen LogP contribution in [-0.2, 0) is 9.47 Å². The minimum absolute atomic E-state index is 0.173. The van der Waals surface area contributed by atoms with Gasteiger partial charge in [0.15, 0.2) is 0 Å². The fourth-order valence-electron chi connectivity index (χ4n) is 1.06. The smallest absolute Gasteiger partial charge is 0.206 e. The van der Waals surface area contributed by atoms with E-state index in [9.17, 15) is 0 Å². The van der Waals surface area contributed by atoms with E-state index in [1.165, 1.54) is 0 Å². The number of hydrazine groups is 1. The minimum Gasteiger partial charge on any atom is -0.385 e. The van der Waals surface area contributed by atoms with Crippen molar-refractivity contribution in [2.24, 2.45) is 10.8 Å². The highest BCUT2D eigenvalue weighted by Crippen LogP contribution is 1.85. The maximum absolute atomic E-state index is 5.32. The molecule has 90 valence electrons. The lowest BCUT2D eigenvalue weighted by molar-refractivity contribution is 0.179. The third kappa shape index (κ3) is 8.17. The molecule has 0 radical (unpaired) electrons. The predicted octanol–water partition coefficient (Wildman–Crippen LogP) is -0.533. The molecule has 0 amide bonds. The number of hydrogen-bond acceptors (Lipinski definition) is 4. The van der Waals surface area contributed by atoms with Crippen LogP contribution < -0.4 is 16.6 Å². The SMILES string of the molecule is COCCCN=C(NN)NC(C)COC. The third-order valence-electron chi connectivity index (χ3n) is 1.71. The van der Waals surface area contributed by atoms with Crippen LogP contribution in [0, 0.1) is 0 Å². The zero-order chi connectivity index (χ0) is 11.5. The lowest BCUT2D eigenvalue weighted by Gasteiger charge is -2.15. The molecular weight excluding hydrogens is 196 g/mol. The lowest BCUT2D eigenvalue weighted by Crippen LogP contribution is -2.46. The summed E-state index contributed by atoms with van der Waals surface area (Å²) in [5.41, 5.74) is 2.51. The summed E-state index contributed by atoms with van der Waals surface area (Å²) >= 11 is 0. The first-order chi connectivity index (χ1) is 7.24. The van der Waals surface area contributed by atoms with E-state index in [4.69, 9.17) is 15.3 Å². The standard InChI is InChI=1S/C9H22N4O2/c1-8(7-15-3)12-9(13-10)11-5-4-6-14-2/h8H,4-7,10H2,1-3H3,(H2,11,12,13).